The van der Waals surface area contributed by atoms with E-state index in [1.54, 1.807) is 11.8 Å². The maximum Gasteiger partial charge on any atom is 0.256 e. The standard InChI is InChI=1S/C13H24N2OS/c1-5-12(14-6-2)8-7-9-17-13-15-10(3)11(4)16-13/h12,14H,5-9H2,1-4H3. The van der Waals surface area contributed by atoms with E-state index in [2.05, 4.69) is 24.1 Å². The molecule has 1 atom stereocenters. The molecule has 0 aromatic carbocycles. The van der Waals surface area contributed by atoms with Gasteiger partial charge in [0.2, 0.25) is 0 Å². The zero-order chi connectivity index (χ0) is 12.7. The van der Waals surface area contributed by atoms with Crippen molar-refractivity contribution in [3.8, 4) is 0 Å². The summed E-state index contributed by atoms with van der Waals surface area (Å²) < 4.78 is 5.53. The van der Waals surface area contributed by atoms with E-state index in [-0.39, 0.29) is 0 Å². The van der Waals surface area contributed by atoms with Crippen molar-refractivity contribution < 1.29 is 4.42 Å². The summed E-state index contributed by atoms with van der Waals surface area (Å²) in [4.78, 5) is 4.36. The molecule has 0 saturated heterocycles. The minimum Gasteiger partial charge on any atom is -0.437 e. The number of rotatable bonds is 8. The number of hydrogen-bond donors (Lipinski definition) is 1. The molecule has 1 N–H and O–H groups in total. The average molecular weight is 256 g/mol. The predicted octanol–water partition coefficient (Wildman–Crippen LogP) is 3.55. The summed E-state index contributed by atoms with van der Waals surface area (Å²) in [5.41, 5.74) is 1.01. The fourth-order valence-corrected chi connectivity index (χ4v) is 2.60. The topological polar surface area (TPSA) is 38.1 Å². The average Bonchev–Trinajstić information content (AvgIpc) is 2.63. The molecule has 1 unspecified atom stereocenters. The maximum absolute atomic E-state index is 5.53. The second kappa shape index (κ2) is 7.77. The molecule has 98 valence electrons. The van der Waals surface area contributed by atoms with Crippen LogP contribution in [0.15, 0.2) is 9.64 Å². The lowest BCUT2D eigenvalue weighted by Crippen LogP contribution is -2.28. The van der Waals surface area contributed by atoms with E-state index < -0.39 is 0 Å². The molecule has 0 aliphatic heterocycles. The van der Waals surface area contributed by atoms with Crippen molar-refractivity contribution in [2.75, 3.05) is 12.3 Å². The van der Waals surface area contributed by atoms with Crippen LogP contribution in [0.4, 0.5) is 0 Å². The Morgan fingerprint density at radius 2 is 2.12 bits per heavy atom. The van der Waals surface area contributed by atoms with Gasteiger partial charge in [-0.05, 0) is 39.7 Å². The fourth-order valence-electron chi connectivity index (χ4n) is 1.73. The Bertz CT molecular complexity index is 306. The van der Waals surface area contributed by atoms with Crippen LogP contribution in [0.5, 0.6) is 0 Å². The molecular formula is C13H24N2OS. The van der Waals surface area contributed by atoms with Crippen LogP contribution < -0.4 is 5.32 Å². The molecule has 1 rings (SSSR count). The molecule has 0 bridgehead atoms. The van der Waals surface area contributed by atoms with Crippen LogP contribution in [0.3, 0.4) is 0 Å². The third-order valence-corrected chi connectivity index (χ3v) is 3.83. The first-order chi connectivity index (χ1) is 8.17. The van der Waals surface area contributed by atoms with Gasteiger partial charge in [0.1, 0.15) is 5.76 Å². The quantitative estimate of drug-likeness (QED) is 0.570. The van der Waals surface area contributed by atoms with Crippen molar-refractivity contribution in [3.63, 3.8) is 0 Å². The molecule has 1 heterocycles. The summed E-state index contributed by atoms with van der Waals surface area (Å²) in [7, 11) is 0. The van der Waals surface area contributed by atoms with Crippen LogP contribution in [0.25, 0.3) is 0 Å². The zero-order valence-electron chi connectivity index (χ0n) is 11.4. The largest absolute Gasteiger partial charge is 0.437 e. The van der Waals surface area contributed by atoms with Gasteiger partial charge in [-0.3, -0.25) is 0 Å². The molecule has 0 radical (unpaired) electrons. The molecule has 0 aliphatic carbocycles. The van der Waals surface area contributed by atoms with Crippen LogP contribution in [-0.2, 0) is 0 Å². The monoisotopic (exact) mass is 256 g/mol. The lowest BCUT2D eigenvalue weighted by Gasteiger charge is -2.14. The number of thioether (sulfide) groups is 1. The van der Waals surface area contributed by atoms with E-state index in [0.29, 0.717) is 6.04 Å². The van der Waals surface area contributed by atoms with E-state index in [0.717, 1.165) is 29.0 Å². The highest BCUT2D eigenvalue weighted by Gasteiger charge is 2.07. The van der Waals surface area contributed by atoms with Crippen LogP contribution in [-0.4, -0.2) is 23.3 Å². The van der Waals surface area contributed by atoms with Crippen molar-refractivity contribution in [1.29, 1.82) is 0 Å². The third-order valence-electron chi connectivity index (χ3n) is 2.92. The number of hydrogen-bond acceptors (Lipinski definition) is 4. The first-order valence-corrected chi connectivity index (χ1v) is 7.46. The number of aromatic nitrogens is 1. The van der Waals surface area contributed by atoms with Gasteiger partial charge in [0.05, 0.1) is 5.69 Å². The smallest absolute Gasteiger partial charge is 0.256 e. The number of oxazole rings is 1. The van der Waals surface area contributed by atoms with Gasteiger partial charge in [0.15, 0.2) is 0 Å². The molecule has 0 saturated carbocycles. The van der Waals surface area contributed by atoms with Gasteiger partial charge in [0.25, 0.3) is 5.22 Å². The number of nitrogens with zero attached hydrogens (tertiary/aromatic N) is 1. The summed E-state index contributed by atoms with van der Waals surface area (Å²) >= 11 is 1.72. The summed E-state index contributed by atoms with van der Waals surface area (Å²) in [6.45, 7) is 9.41. The SMILES string of the molecule is CCNC(CC)CCCSc1nc(C)c(C)o1. The normalized spacial score (nSPS) is 12.9. The van der Waals surface area contributed by atoms with Gasteiger partial charge in [-0.15, -0.1) is 0 Å². The first kappa shape index (κ1) is 14.6. The van der Waals surface area contributed by atoms with Crippen LogP contribution in [0.2, 0.25) is 0 Å². The van der Waals surface area contributed by atoms with Gasteiger partial charge in [-0.2, -0.15) is 0 Å². The molecular weight excluding hydrogens is 232 g/mol. The summed E-state index contributed by atoms with van der Waals surface area (Å²) in [5.74, 6) is 2.02. The zero-order valence-corrected chi connectivity index (χ0v) is 12.2. The molecule has 0 spiro atoms. The Hall–Kier alpha value is -0.480. The van der Waals surface area contributed by atoms with Crippen LogP contribution in [0, 0.1) is 13.8 Å². The van der Waals surface area contributed by atoms with Gasteiger partial charge in [-0.1, -0.05) is 25.6 Å². The molecule has 0 fully saturated rings. The van der Waals surface area contributed by atoms with Crippen molar-refractivity contribution in [2.45, 2.75) is 58.2 Å². The van der Waals surface area contributed by atoms with Gasteiger partial charge >= 0.3 is 0 Å². The van der Waals surface area contributed by atoms with E-state index >= 15 is 0 Å². The van der Waals surface area contributed by atoms with Crippen molar-refractivity contribution in [3.05, 3.63) is 11.5 Å². The lowest BCUT2D eigenvalue weighted by molar-refractivity contribution is 0.430. The van der Waals surface area contributed by atoms with E-state index in [9.17, 15) is 0 Å². The molecule has 0 aliphatic rings. The summed E-state index contributed by atoms with van der Waals surface area (Å²) in [5, 5.41) is 4.31. The van der Waals surface area contributed by atoms with E-state index in [4.69, 9.17) is 4.42 Å². The highest BCUT2D eigenvalue weighted by atomic mass is 32.2. The molecule has 1 aromatic heterocycles. The Balaban J connectivity index is 2.19. The lowest BCUT2D eigenvalue weighted by atomic mass is 10.1. The molecule has 4 heteroatoms. The second-order valence-corrected chi connectivity index (χ2v) is 5.32. The predicted molar refractivity (Wildman–Crippen MR) is 73.7 cm³/mol. The molecule has 0 amide bonds. The van der Waals surface area contributed by atoms with E-state index in [1.165, 1.54) is 19.3 Å². The second-order valence-electron chi connectivity index (χ2n) is 4.27. The highest BCUT2D eigenvalue weighted by molar-refractivity contribution is 7.99. The van der Waals surface area contributed by atoms with Crippen molar-refractivity contribution >= 4 is 11.8 Å². The van der Waals surface area contributed by atoms with Gasteiger partial charge in [-0.25, -0.2) is 4.98 Å². The summed E-state index contributed by atoms with van der Waals surface area (Å²) in [6, 6.07) is 0.661. The molecule has 1 aromatic rings. The van der Waals surface area contributed by atoms with Crippen molar-refractivity contribution in [1.82, 2.24) is 10.3 Å². The minimum absolute atomic E-state index is 0.661. The number of aryl methyl sites for hydroxylation is 2. The van der Waals surface area contributed by atoms with Gasteiger partial charge < -0.3 is 9.73 Å². The third kappa shape index (κ3) is 5.13. The van der Waals surface area contributed by atoms with E-state index in [1.807, 2.05) is 13.8 Å². The summed E-state index contributed by atoms with van der Waals surface area (Å²) in [6.07, 6.45) is 3.64. The Morgan fingerprint density at radius 3 is 2.65 bits per heavy atom. The highest BCUT2D eigenvalue weighted by Crippen LogP contribution is 2.21. The Labute approximate surface area is 109 Å². The van der Waals surface area contributed by atoms with Crippen molar-refractivity contribution in [2.24, 2.45) is 0 Å². The molecule has 3 nitrogen and oxygen atoms in total. The minimum atomic E-state index is 0.661. The Kier molecular flexibility index (Phi) is 6.66. The molecule has 17 heavy (non-hydrogen) atoms. The Morgan fingerprint density at radius 1 is 1.35 bits per heavy atom. The van der Waals surface area contributed by atoms with Gasteiger partial charge in [0, 0.05) is 11.8 Å². The fraction of sp³-hybridized carbons (Fsp3) is 0.769. The number of nitrogens with one attached hydrogen (secondary N) is 1. The first-order valence-electron chi connectivity index (χ1n) is 6.47. The van der Waals surface area contributed by atoms with Crippen LogP contribution >= 0.6 is 11.8 Å². The van der Waals surface area contributed by atoms with Crippen LogP contribution in [0.1, 0.15) is 44.6 Å². The maximum atomic E-state index is 5.53.